The van der Waals surface area contributed by atoms with Gasteiger partial charge < -0.3 is 10.6 Å². The van der Waals surface area contributed by atoms with E-state index < -0.39 is 0 Å². The molecule has 1 aromatic heterocycles. The Morgan fingerprint density at radius 3 is 2.39 bits per heavy atom. The highest BCUT2D eigenvalue weighted by atomic mass is 35.5. The van der Waals surface area contributed by atoms with Gasteiger partial charge in [0.2, 0.25) is 0 Å². The van der Waals surface area contributed by atoms with Gasteiger partial charge in [-0.1, -0.05) is 23.2 Å². The van der Waals surface area contributed by atoms with Crippen LogP contribution in [-0.2, 0) is 0 Å². The van der Waals surface area contributed by atoms with Crippen molar-refractivity contribution < 1.29 is 0 Å². The van der Waals surface area contributed by atoms with Crippen molar-refractivity contribution in [3.8, 4) is 0 Å². The minimum Gasteiger partial charge on any atom is -0.382 e. The molecule has 1 aliphatic carbocycles. The molecule has 0 amide bonds. The van der Waals surface area contributed by atoms with Crippen LogP contribution in [-0.4, -0.2) is 42.1 Å². The van der Waals surface area contributed by atoms with Crippen molar-refractivity contribution in [3.63, 3.8) is 0 Å². The first-order valence-electron chi connectivity index (χ1n) is 6.25. The van der Waals surface area contributed by atoms with E-state index in [0.29, 0.717) is 15.9 Å². The van der Waals surface area contributed by atoms with Crippen LogP contribution in [0.15, 0.2) is 6.07 Å². The second-order valence-corrected chi connectivity index (χ2v) is 5.73. The summed E-state index contributed by atoms with van der Waals surface area (Å²) in [6, 6.07) is 2.50. The van der Waals surface area contributed by atoms with Gasteiger partial charge >= 0.3 is 0 Å². The zero-order valence-corrected chi connectivity index (χ0v) is 11.6. The molecule has 2 N–H and O–H groups in total. The molecule has 18 heavy (non-hydrogen) atoms. The number of nitrogens with two attached hydrogens (primary N) is 1. The first-order chi connectivity index (χ1) is 8.65. The third kappa shape index (κ3) is 2.37. The number of aromatic nitrogens is 1. The molecule has 2 heterocycles. The van der Waals surface area contributed by atoms with E-state index in [1.165, 1.54) is 12.8 Å². The fourth-order valence-corrected chi connectivity index (χ4v) is 2.91. The van der Waals surface area contributed by atoms with Gasteiger partial charge in [-0.25, -0.2) is 4.98 Å². The van der Waals surface area contributed by atoms with Gasteiger partial charge in [0.25, 0.3) is 0 Å². The molecule has 1 aromatic rings. The maximum Gasteiger partial charge on any atom is 0.150 e. The average molecular weight is 287 g/mol. The summed E-state index contributed by atoms with van der Waals surface area (Å²) in [5, 5.41) is 0.995. The van der Waals surface area contributed by atoms with Crippen LogP contribution in [0.3, 0.4) is 0 Å². The Labute approximate surface area is 117 Å². The van der Waals surface area contributed by atoms with E-state index in [9.17, 15) is 0 Å². The second-order valence-electron chi connectivity index (χ2n) is 4.92. The molecule has 2 fully saturated rings. The third-order valence-corrected chi connectivity index (χ3v) is 4.20. The monoisotopic (exact) mass is 286 g/mol. The number of rotatable bonds is 2. The van der Waals surface area contributed by atoms with Crippen molar-refractivity contribution in [1.82, 2.24) is 9.88 Å². The Hall–Kier alpha value is -0.710. The molecule has 1 saturated carbocycles. The van der Waals surface area contributed by atoms with E-state index >= 15 is 0 Å². The molecule has 2 aliphatic rings. The van der Waals surface area contributed by atoms with E-state index in [-0.39, 0.29) is 0 Å². The van der Waals surface area contributed by atoms with Gasteiger partial charge in [0.1, 0.15) is 11.6 Å². The molecule has 1 aliphatic heterocycles. The summed E-state index contributed by atoms with van der Waals surface area (Å²) in [5.74, 6) is 1.11. The zero-order chi connectivity index (χ0) is 12.7. The van der Waals surface area contributed by atoms with E-state index in [4.69, 9.17) is 28.9 Å². The molecule has 3 rings (SSSR count). The summed E-state index contributed by atoms with van der Waals surface area (Å²) in [6.07, 6.45) is 2.71. The molecule has 98 valence electrons. The molecule has 6 heteroatoms. The molecule has 0 atom stereocenters. The van der Waals surface area contributed by atoms with E-state index in [2.05, 4.69) is 14.8 Å². The van der Waals surface area contributed by atoms with Crippen LogP contribution in [0.25, 0.3) is 0 Å². The molecule has 0 unspecified atom stereocenters. The molecule has 0 bridgehead atoms. The number of nitrogens with zero attached hydrogens (tertiary/aromatic N) is 3. The Balaban J connectivity index is 1.73. The largest absolute Gasteiger partial charge is 0.382 e. The van der Waals surface area contributed by atoms with E-state index in [1.807, 2.05) is 0 Å². The van der Waals surface area contributed by atoms with Crippen molar-refractivity contribution in [2.45, 2.75) is 18.9 Å². The molecule has 0 aromatic carbocycles. The van der Waals surface area contributed by atoms with Gasteiger partial charge in [0, 0.05) is 32.2 Å². The summed E-state index contributed by atoms with van der Waals surface area (Å²) < 4.78 is 0. The zero-order valence-electron chi connectivity index (χ0n) is 10.1. The van der Waals surface area contributed by atoms with Crippen molar-refractivity contribution in [1.29, 1.82) is 0 Å². The molecule has 0 spiro atoms. The minimum atomic E-state index is 0.348. The minimum absolute atomic E-state index is 0.348. The fraction of sp³-hybridized carbons (Fsp3) is 0.583. The van der Waals surface area contributed by atoms with Crippen molar-refractivity contribution in [3.05, 3.63) is 16.1 Å². The predicted octanol–water partition coefficient (Wildman–Crippen LogP) is 2.25. The van der Waals surface area contributed by atoms with Crippen LogP contribution in [0.2, 0.25) is 10.0 Å². The standard InChI is InChI=1S/C12H16Cl2N4/c13-9-7-10(14)12(16-11(9)15)18-5-3-17(4-6-18)8-1-2-8/h7-8H,1-6H2,(H2,15,16). The SMILES string of the molecule is Nc1nc(N2CCN(C3CC3)CC2)c(Cl)cc1Cl. The van der Waals surface area contributed by atoms with Gasteiger partial charge in [-0.2, -0.15) is 0 Å². The Bertz CT molecular complexity index is 454. The molecule has 1 saturated heterocycles. The van der Waals surface area contributed by atoms with E-state index in [0.717, 1.165) is 38.0 Å². The summed E-state index contributed by atoms with van der Waals surface area (Å²) in [6.45, 7) is 4.05. The Morgan fingerprint density at radius 1 is 1.11 bits per heavy atom. The Kier molecular flexibility index (Phi) is 3.26. The molecule has 0 radical (unpaired) electrons. The summed E-state index contributed by atoms with van der Waals surface area (Å²) in [7, 11) is 0. The Morgan fingerprint density at radius 2 is 1.78 bits per heavy atom. The second kappa shape index (κ2) is 4.76. The molecular formula is C12H16Cl2N4. The van der Waals surface area contributed by atoms with Crippen LogP contribution in [0, 0.1) is 0 Å². The van der Waals surface area contributed by atoms with Crippen molar-refractivity contribution in [2.75, 3.05) is 36.8 Å². The van der Waals surface area contributed by atoms with Crippen molar-refractivity contribution in [2.24, 2.45) is 0 Å². The van der Waals surface area contributed by atoms with Gasteiger partial charge in [-0.15, -0.1) is 0 Å². The maximum absolute atomic E-state index is 6.19. The topological polar surface area (TPSA) is 45.4 Å². The highest BCUT2D eigenvalue weighted by molar-refractivity contribution is 6.37. The predicted molar refractivity (Wildman–Crippen MR) is 75.5 cm³/mol. The number of nitrogen functional groups attached to an aromatic ring is 1. The quantitative estimate of drug-likeness (QED) is 0.906. The number of hydrogen-bond donors (Lipinski definition) is 1. The van der Waals surface area contributed by atoms with Crippen LogP contribution in [0.5, 0.6) is 0 Å². The number of anilines is 2. The number of hydrogen-bond acceptors (Lipinski definition) is 4. The van der Waals surface area contributed by atoms with Gasteiger partial charge in [0.05, 0.1) is 10.0 Å². The lowest BCUT2D eigenvalue weighted by molar-refractivity contribution is 0.247. The lowest BCUT2D eigenvalue weighted by Crippen LogP contribution is -2.47. The summed E-state index contributed by atoms with van der Waals surface area (Å²) in [5.41, 5.74) is 5.74. The van der Waals surface area contributed by atoms with Gasteiger partial charge in [0.15, 0.2) is 0 Å². The van der Waals surface area contributed by atoms with Crippen molar-refractivity contribution >= 4 is 34.8 Å². The van der Waals surface area contributed by atoms with Crippen LogP contribution >= 0.6 is 23.2 Å². The number of halogens is 2. The van der Waals surface area contributed by atoms with Gasteiger partial charge in [-0.3, -0.25) is 4.90 Å². The lowest BCUT2D eigenvalue weighted by atomic mass is 10.3. The summed E-state index contributed by atoms with van der Waals surface area (Å²) >= 11 is 12.1. The average Bonchev–Trinajstić information content (AvgIpc) is 3.18. The van der Waals surface area contributed by atoms with Crippen LogP contribution in [0.1, 0.15) is 12.8 Å². The maximum atomic E-state index is 6.19. The lowest BCUT2D eigenvalue weighted by Gasteiger charge is -2.35. The number of piperazine rings is 1. The van der Waals surface area contributed by atoms with Crippen LogP contribution < -0.4 is 10.6 Å². The number of pyridine rings is 1. The van der Waals surface area contributed by atoms with Crippen LogP contribution in [0.4, 0.5) is 11.6 Å². The summed E-state index contributed by atoms with van der Waals surface area (Å²) in [4.78, 5) is 9.04. The van der Waals surface area contributed by atoms with Gasteiger partial charge in [-0.05, 0) is 18.9 Å². The highest BCUT2D eigenvalue weighted by Crippen LogP contribution is 2.32. The first kappa shape index (κ1) is 12.3. The molecular weight excluding hydrogens is 271 g/mol. The fourth-order valence-electron chi connectivity index (χ4n) is 2.43. The third-order valence-electron chi connectivity index (χ3n) is 3.62. The highest BCUT2D eigenvalue weighted by Gasteiger charge is 2.31. The molecule has 4 nitrogen and oxygen atoms in total. The first-order valence-corrected chi connectivity index (χ1v) is 7.01. The normalized spacial score (nSPS) is 21.3. The van der Waals surface area contributed by atoms with E-state index in [1.54, 1.807) is 6.07 Å². The smallest absolute Gasteiger partial charge is 0.150 e.